The number of hydrogen-bond donors (Lipinski definition) is 2. The molecule has 0 aliphatic carbocycles. The fourth-order valence-electron chi connectivity index (χ4n) is 1.93. The molecule has 0 saturated carbocycles. The number of carbonyl (C=O) groups is 2. The molecule has 0 aromatic heterocycles. The second-order valence-corrected chi connectivity index (χ2v) is 7.21. The number of amides is 2. The molecular formula is C15H20N2O3S. The molecule has 0 bridgehead atoms. The van der Waals surface area contributed by atoms with Gasteiger partial charge in [0.25, 0.3) is 0 Å². The lowest BCUT2D eigenvalue weighted by molar-refractivity contribution is -0.116. The minimum atomic E-state index is -0.523. The van der Waals surface area contributed by atoms with Crippen molar-refractivity contribution in [3.05, 3.63) is 24.3 Å². The van der Waals surface area contributed by atoms with Crippen molar-refractivity contribution < 1.29 is 14.3 Å². The molecule has 2 rings (SSSR count). The van der Waals surface area contributed by atoms with E-state index in [4.69, 9.17) is 4.74 Å². The Morgan fingerprint density at radius 3 is 2.86 bits per heavy atom. The van der Waals surface area contributed by atoms with Crippen molar-refractivity contribution in [1.82, 2.24) is 5.32 Å². The maximum atomic E-state index is 11.9. The van der Waals surface area contributed by atoms with E-state index >= 15 is 0 Å². The molecule has 5 nitrogen and oxygen atoms in total. The van der Waals surface area contributed by atoms with Crippen LogP contribution >= 0.6 is 11.8 Å². The van der Waals surface area contributed by atoms with Crippen molar-refractivity contribution in [2.45, 2.75) is 42.9 Å². The smallest absolute Gasteiger partial charge is 0.407 e. The van der Waals surface area contributed by atoms with Crippen LogP contribution in [0.5, 0.6) is 0 Å². The molecule has 2 N–H and O–H groups in total. The molecule has 6 heteroatoms. The lowest BCUT2D eigenvalue weighted by Gasteiger charge is -2.21. The fraction of sp³-hybridized carbons (Fsp3) is 0.467. The van der Waals surface area contributed by atoms with Gasteiger partial charge in [-0.05, 0) is 32.9 Å². The summed E-state index contributed by atoms with van der Waals surface area (Å²) in [6.07, 6.45) is -0.101. The zero-order chi connectivity index (χ0) is 15.5. The Morgan fingerprint density at radius 1 is 1.43 bits per heavy atom. The van der Waals surface area contributed by atoms with E-state index in [-0.39, 0.29) is 11.2 Å². The topological polar surface area (TPSA) is 67.4 Å². The van der Waals surface area contributed by atoms with Crippen LogP contribution in [0.15, 0.2) is 29.2 Å². The minimum absolute atomic E-state index is 0.0128. The third-order valence-electron chi connectivity index (χ3n) is 2.74. The van der Waals surface area contributed by atoms with E-state index in [0.29, 0.717) is 13.0 Å². The quantitative estimate of drug-likeness (QED) is 0.881. The Bertz CT molecular complexity index is 540. The average molecular weight is 308 g/mol. The van der Waals surface area contributed by atoms with Crippen molar-refractivity contribution in [3.8, 4) is 0 Å². The Balaban J connectivity index is 1.95. The van der Waals surface area contributed by atoms with Crippen LogP contribution in [-0.4, -0.2) is 29.4 Å². The number of anilines is 1. The second kappa shape index (κ2) is 6.39. The molecule has 1 aliphatic rings. The Hall–Kier alpha value is -1.69. The van der Waals surface area contributed by atoms with E-state index in [9.17, 15) is 9.59 Å². The molecular weight excluding hydrogens is 288 g/mol. The maximum absolute atomic E-state index is 11.9. The summed E-state index contributed by atoms with van der Waals surface area (Å²) in [6, 6.07) is 7.66. The first kappa shape index (κ1) is 15.7. The molecule has 0 fully saturated rings. The van der Waals surface area contributed by atoms with Gasteiger partial charge in [0, 0.05) is 23.1 Å². The molecule has 0 radical (unpaired) electrons. The molecule has 1 aliphatic heterocycles. The van der Waals surface area contributed by atoms with Crippen LogP contribution in [0, 0.1) is 0 Å². The van der Waals surface area contributed by atoms with Crippen LogP contribution in [0.2, 0.25) is 0 Å². The van der Waals surface area contributed by atoms with Gasteiger partial charge in [-0.2, -0.15) is 0 Å². The fourth-order valence-corrected chi connectivity index (χ4v) is 3.09. The van der Waals surface area contributed by atoms with Crippen LogP contribution in [0.4, 0.5) is 10.5 Å². The van der Waals surface area contributed by atoms with Gasteiger partial charge < -0.3 is 15.4 Å². The highest BCUT2D eigenvalue weighted by Crippen LogP contribution is 2.34. The lowest BCUT2D eigenvalue weighted by atomic mass is 10.2. The van der Waals surface area contributed by atoms with Crippen molar-refractivity contribution in [2.24, 2.45) is 0 Å². The number of nitrogens with one attached hydrogen (secondary N) is 2. The molecule has 1 heterocycles. The number of hydrogen-bond acceptors (Lipinski definition) is 4. The zero-order valence-corrected chi connectivity index (χ0v) is 13.3. The number of alkyl carbamates (subject to hydrolysis) is 1. The summed E-state index contributed by atoms with van der Waals surface area (Å²) >= 11 is 1.59. The highest BCUT2D eigenvalue weighted by molar-refractivity contribution is 8.00. The molecule has 0 spiro atoms. The first-order valence-electron chi connectivity index (χ1n) is 6.86. The van der Waals surface area contributed by atoms with Crippen LogP contribution in [0.25, 0.3) is 0 Å². The summed E-state index contributed by atoms with van der Waals surface area (Å²) in [5.74, 6) is -0.0385. The SMILES string of the molecule is CC(C)(C)OC(=O)NCC1CC(=O)Nc2ccccc2S1. The number of fused-ring (bicyclic) bond motifs is 1. The molecule has 114 valence electrons. The number of benzene rings is 1. The summed E-state index contributed by atoms with van der Waals surface area (Å²) in [5, 5.41) is 5.59. The highest BCUT2D eigenvalue weighted by Gasteiger charge is 2.23. The summed E-state index contributed by atoms with van der Waals surface area (Å²) < 4.78 is 5.20. The molecule has 21 heavy (non-hydrogen) atoms. The molecule has 0 saturated heterocycles. The summed E-state index contributed by atoms with van der Waals surface area (Å²) in [5.41, 5.74) is 0.303. The van der Waals surface area contributed by atoms with Gasteiger partial charge in [0.1, 0.15) is 5.60 Å². The molecule has 1 aromatic carbocycles. The van der Waals surface area contributed by atoms with Gasteiger partial charge in [-0.3, -0.25) is 4.79 Å². The van der Waals surface area contributed by atoms with Gasteiger partial charge in [-0.25, -0.2) is 4.79 Å². The van der Waals surface area contributed by atoms with Gasteiger partial charge in [0.05, 0.1) is 5.69 Å². The number of para-hydroxylation sites is 1. The normalized spacial score (nSPS) is 18.2. The highest BCUT2D eigenvalue weighted by atomic mass is 32.2. The zero-order valence-electron chi connectivity index (χ0n) is 12.4. The summed E-state index contributed by atoms with van der Waals surface area (Å²) in [7, 11) is 0. The van der Waals surface area contributed by atoms with Crippen molar-refractivity contribution in [2.75, 3.05) is 11.9 Å². The van der Waals surface area contributed by atoms with Crippen LogP contribution < -0.4 is 10.6 Å². The number of rotatable bonds is 2. The largest absolute Gasteiger partial charge is 0.444 e. The average Bonchev–Trinajstić information content (AvgIpc) is 2.51. The Morgan fingerprint density at radius 2 is 2.14 bits per heavy atom. The number of thioether (sulfide) groups is 1. The predicted molar refractivity (Wildman–Crippen MR) is 83.6 cm³/mol. The number of carbonyl (C=O) groups excluding carboxylic acids is 2. The van der Waals surface area contributed by atoms with Crippen molar-refractivity contribution in [1.29, 1.82) is 0 Å². The third-order valence-corrected chi connectivity index (χ3v) is 4.02. The van der Waals surface area contributed by atoms with E-state index in [2.05, 4.69) is 10.6 Å². The summed E-state index contributed by atoms with van der Waals surface area (Å²) in [6.45, 7) is 5.84. The first-order valence-corrected chi connectivity index (χ1v) is 7.74. The van der Waals surface area contributed by atoms with Gasteiger partial charge in [0.15, 0.2) is 0 Å². The van der Waals surface area contributed by atoms with Crippen molar-refractivity contribution >= 4 is 29.4 Å². The first-order chi connectivity index (χ1) is 9.83. The lowest BCUT2D eigenvalue weighted by Crippen LogP contribution is -2.36. The Labute approximate surface area is 128 Å². The number of ether oxygens (including phenoxy) is 1. The van der Waals surface area contributed by atoms with Crippen LogP contribution in [0.1, 0.15) is 27.2 Å². The molecule has 2 amide bonds. The standard InChI is InChI=1S/C15H20N2O3S/c1-15(2,3)20-14(19)16-9-10-8-13(18)17-11-6-4-5-7-12(11)21-10/h4-7,10H,8-9H2,1-3H3,(H,16,19)(H,17,18). The van der Waals surface area contributed by atoms with Gasteiger partial charge in [-0.15, -0.1) is 11.8 Å². The minimum Gasteiger partial charge on any atom is -0.444 e. The van der Waals surface area contributed by atoms with Gasteiger partial charge in [0.2, 0.25) is 5.91 Å². The predicted octanol–water partition coefficient (Wildman–Crippen LogP) is 3.01. The maximum Gasteiger partial charge on any atom is 0.407 e. The van der Waals surface area contributed by atoms with Crippen LogP contribution in [0.3, 0.4) is 0 Å². The monoisotopic (exact) mass is 308 g/mol. The van der Waals surface area contributed by atoms with E-state index in [0.717, 1.165) is 10.6 Å². The molecule has 1 atom stereocenters. The van der Waals surface area contributed by atoms with E-state index in [1.165, 1.54) is 0 Å². The van der Waals surface area contributed by atoms with E-state index in [1.807, 2.05) is 45.0 Å². The van der Waals surface area contributed by atoms with Gasteiger partial charge >= 0.3 is 6.09 Å². The second-order valence-electron chi connectivity index (χ2n) is 5.87. The molecule has 1 unspecified atom stereocenters. The summed E-state index contributed by atoms with van der Waals surface area (Å²) in [4.78, 5) is 24.5. The van der Waals surface area contributed by atoms with Crippen LogP contribution in [-0.2, 0) is 9.53 Å². The van der Waals surface area contributed by atoms with Gasteiger partial charge in [-0.1, -0.05) is 12.1 Å². The third kappa shape index (κ3) is 4.97. The van der Waals surface area contributed by atoms with E-state index < -0.39 is 11.7 Å². The molecule has 1 aromatic rings. The van der Waals surface area contributed by atoms with Crippen molar-refractivity contribution in [3.63, 3.8) is 0 Å². The van der Waals surface area contributed by atoms with E-state index in [1.54, 1.807) is 11.8 Å². The Kier molecular flexibility index (Phi) is 4.77.